The SMILES string of the molecule is CNC(=O)c1ccc(NC(c2cccs2)C(C)C)nn1. The van der Waals surface area contributed by atoms with E-state index in [1.165, 1.54) is 4.88 Å². The minimum Gasteiger partial charge on any atom is -0.361 e. The first-order valence-electron chi connectivity index (χ1n) is 6.47. The van der Waals surface area contributed by atoms with Gasteiger partial charge in [0.25, 0.3) is 5.91 Å². The van der Waals surface area contributed by atoms with E-state index in [-0.39, 0.29) is 11.9 Å². The molecule has 0 aliphatic heterocycles. The third-order valence-corrected chi connectivity index (χ3v) is 3.90. The van der Waals surface area contributed by atoms with Crippen molar-refractivity contribution in [2.45, 2.75) is 19.9 Å². The third kappa shape index (κ3) is 3.33. The van der Waals surface area contributed by atoms with Gasteiger partial charge in [-0.15, -0.1) is 21.5 Å². The van der Waals surface area contributed by atoms with Crippen LogP contribution in [0.4, 0.5) is 5.82 Å². The van der Waals surface area contributed by atoms with Crippen molar-refractivity contribution in [3.63, 3.8) is 0 Å². The number of amides is 1. The highest BCUT2D eigenvalue weighted by molar-refractivity contribution is 7.10. The monoisotopic (exact) mass is 290 g/mol. The summed E-state index contributed by atoms with van der Waals surface area (Å²) in [5.41, 5.74) is 0.315. The molecule has 0 aliphatic rings. The van der Waals surface area contributed by atoms with Crippen molar-refractivity contribution in [1.82, 2.24) is 15.5 Å². The summed E-state index contributed by atoms with van der Waals surface area (Å²) in [6, 6.07) is 7.78. The summed E-state index contributed by atoms with van der Waals surface area (Å²) in [6.07, 6.45) is 0. The molecule has 5 nitrogen and oxygen atoms in total. The predicted octanol–water partition coefficient (Wildman–Crippen LogP) is 2.71. The molecule has 0 radical (unpaired) electrons. The first kappa shape index (κ1) is 14.5. The van der Waals surface area contributed by atoms with E-state index in [9.17, 15) is 4.79 Å². The van der Waals surface area contributed by atoms with Crippen LogP contribution in [0, 0.1) is 5.92 Å². The number of anilines is 1. The minimum atomic E-state index is -0.234. The number of nitrogens with zero attached hydrogens (tertiary/aromatic N) is 2. The third-order valence-electron chi connectivity index (χ3n) is 2.94. The fourth-order valence-corrected chi connectivity index (χ4v) is 2.80. The molecule has 0 aromatic carbocycles. The smallest absolute Gasteiger partial charge is 0.271 e. The molecule has 2 N–H and O–H groups in total. The van der Waals surface area contributed by atoms with Crippen molar-refractivity contribution < 1.29 is 4.79 Å². The van der Waals surface area contributed by atoms with Crippen molar-refractivity contribution >= 4 is 23.1 Å². The van der Waals surface area contributed by atoms with Gasteiger partial charge in [0, 0.05) is 11.9 Å². The van der Waals surface area contributed by atoms with Gasteiger partial charge in [-0.05, 0) is 29.5 Å². The summed E-state index contributed by atoms with van der Waals surface area (Å²) in [4.78, 5) is 12.7. The Bertz CT molecular complexity index is 551. The summed E-state index contributed by atoms with van der Waals surface area (Å²) in [6.45, 7) is 4.31. The number of thiophene rings is 1. The van der Waals surface area contributed by atoms with Gasteiger partial charge in [-0.25, -0.2) is 0 Å². The van der Waals surface area contributed by atoms with Crippen molar-refractivity contribution in [1.29, 1.82) is 0 Å². The molecule has 0 saturated carbocycles. The molecule has 2 rings (SSSR count). The largest absolute Gasteiger partial charge is 0.361 e. The highest BCUT2D eigenvalue weighted by atomic mass is 32.1. The number of hydrogen-bond donors (Lipinski definition) is 2. The van der Waals surface area contributed by atoms with Crippen molar-refractivity contribution in [3.8, 4) is 0 Å². The van der Waals surface area contributed by atoms with Crippen LogP contribution in [0.2, 0.25) is 0 Å². The molecule has 106 valence electrons. The van der Waals surface area contributed by atoms with E-state index in [4.69, 9.17) is 0 Å². The second-order valence-corrected chi connectivity index (χ2v) is 5.74. The van der Waals surface area contributed by atoms with Gasteiger partial charge in [-0.3, -0.25) is 4.79 Å². The van der Waals surface area contributed by atoms with Crippen LogP contribution in [-0.2, 0) is 0 Å². The van der Waals surface area contributed by atoms with Crippen LogP contribution in [0.3, 0.4) is 0 Å². The summed E-state index contributed by atoms with van der Waals surface area (Å²) < 4.78 is 0. The summed E-state index contributed by atoms with van der Waals surface area (Å²) in [7, 11) is 1.57. The lowest BCUT2D eigenvalue weighted by atomic mass is 10.0. The molecule has 20 heavy (non-hydrogen) atoms. The van der Waals surface area contributed by atoms with Gasteiger partial charge in [0.1, 0.15) is 5.82 Å². The summed E-state index contributed by atoms with van der Waals surface area (Å²) >= 11 is 1.72. The van der Waals surface area contributed by atoms with Crippen LogP contribution in [0.5, 0.6) is 0 Å². The fraction of sp³-hybridized carbons (Fsp3) is 0.357. The second-order valence-electron chi connectivity index (χ2n) is 4.76. The first-order chi connectivity index (χ1) is 9.61. The van der Waals surface area contributed by atoms with Gasteiger partial charge < -0.3 is 10.6 Å². The topological polar surface area (TPSA) is 66.9 Å². The van der Waals surface area contributed by atoms with Crippen molar-refractivity contribution in [2.75, 3.05) is 12.4 Å². The lowest BCUT2D eigenvalue weighted by Crippen LogP contribution is -2.21. The van der Waals surface area contributed by atoms with Gasteiger partial charge in [-0.1, -0.05) is 19.9 Å². The standard InChI is InChI=1S/C14H18N4OS/c1-9(2)13(11-5-4-8-20-11)16-12-7-6-10(17-18-12)14(19)15-3/h4-9,13H,1-3H3,(H,15,19)(H,16,18). The van der Waals surface area contributed by atoms with E-state index in [2.05, 4.69) is 46.1 Å². The van der Waals surface area contributed by atoms with Crippen LogP contribution >= 0.6 is 11.3 Å². The number of rotatable bonds is 5. The van der Waals surface area contributed by atoms with Crippen molar-refractivity contribution in [2.24, 2.45) is 5.92 Å². The molecule has 1 atom stereocenters. The zero-order chi connectivity index (χ0) is 14.5. The van der Waals surface area contributed by atoms with Gasteiger partial charge in [0.15, 0.2) is 5.69 Å². The molecule has 1 amide bonds. The maximum atomic E-state index is 11.4. The number of aromatic nitrogens is 2. The number of nitrogens with one attached hydrogen (secondary N) is 2. The quantitative estimate of drug-likeness (QED) is 0.888. The molecular formula is C14H18N4OS. The maximum absolute atomic E-state index is 11.4. The van der Waals surface area contributed by atoms with E-state index in [1.807, 2.05) is 6.07 Å². The van der Waals surface area contributed by atoms with E-state index >= 15 is 0 Å². The number of carbonyl (C=O) groups excluding carboxylic acids is 1. The zero-order valence-corrected chi connectivity index (χ0v) is 12.6. The van der Waals surface area contributed by atoms with Gasteiger partial charge in [0.2, 0.25) is 0 Å². The van der Waals surface area contributed by atoms with Crippen LogP contribution < -0.4 is 10.6 Å². The first-order valence-corrected chi connectivity index (χ1v) is 7.35. The van der Waals surface area contributed by atoms with Crippen molar-refractivity contribution in [3.05, 3.63) is 40.2 Å². The van der Waals surface area contributed by atoms with E-state index in [0.29, 0.717) is 17.4 Å². The molecule has 2 heterocycles. The normalized spacial score (nSPS) is 12.2. The molecule has 0 bridgehead atoms. The van der Waals surface area contributed by atoms with Gasteiger partial charge in [-0.2, -0.15) is 0 Å². The van der Waals surface area contributed by atoms with Crippen LogP contribution in [-0.4, -0.2) is 23.2 Å². The highest BCUT2D eigenvalue weighted by Gasteiger charge is 2.17. The summed E-state index contributed by atoms with van der Waals surface area (Å²) in [5.74, 6) is 0.863. The lowest BCUT2D eigenvalue weighted by molar-refractivity contribution is 0.0957. The summed E-state index contributed by atoms with van der Waals surface area (Å²) in [5, 5.41) is 15.9. The second kappa shape index (κ2) is 6.47. The predicted molar refractivity (Wildman–Crippen MR) is 80.9 cm³/mol. The molecule has 2 aromatic rings. The molecule has 0 aliphatic carbocycles. The van der Waals surface area contributed by atoms with Crippen LogP contribution in [0.25, 0.3) is 0 Å². The Labute approximate surface area is 122 Å². The van der Waals surface area contributed by atoms with E-state index in [0.717, 1.165) is 0 Å². The van der Waals surface area contributed by atoms with Gasteiger partial charge in [0.05, 0.1) is 6.04 Å². The molecular weight excluding hydrogens is 272 g/mol. The van der Waals surface area contributed by atoms with E-state index < -0.39 is 0 Å². The fourth-order valence-electron chi connectivity index (χ4n) is 1.85. The lowest BCUT2D eigenvalue weighted by Gasteiger charge is -2.21. The minimum absolute atomic E-state index is 0.190. The maximum Gasteiger partial charge on any atom is 0.271 e. The molecule has 6 heteroatoms. The average molecular weight is 290 g/mol. The Kier molecular flexibility index (Phi) is 4.68. The van der Waals surface area contributed by atoms with Crippen LogP contribution in [0.15, 0.2) is 29.6 Å². The Morgan fingerprint density at radius 1 is 1.25 bits per heavy atom. The number of carbonyl (C=O) groups is 1. The average Bonchev–Trinajstić information content (AvgIpc) is 2.98. The zero-order valence-electron chi connectivity index (χ0n) is 11.8. The molecule has 0 spiro atoms. The Morgan fingerprint density at radius 3 is 2.55 bits per heavy atom. The molecule has 0 fully saturated rings. The number of hydrogen-bond acceptors (Lipinski definition) is 5. The van der Waals surface area contributed by atoms with Gasteiger partial charge >= 0.3 is 0 Å². The molecule has 2 aromatic heterocycles. The Balaban J connectivity index is 2.13. The van der Waals surface area contributed by atoms with Crippen LogP contribution in [0.1, 0.15) is 35.3 Å². The molecule has 1 unspecified atom stereocenters. The van der Waals surface area contributed by atoms with E-state index in [1.54, 1.807) is 30.5 Å². The molecule has 0 saturated heterocycles. The Morgan fingerprint density at radius 2 is 2.05 bits per heavy atom. The highest BCUT2D eigenvalue weighted by Crippen LogP contribution is 2.28. The Hall–Kier alpha value is -1.95.